The summed E-state index contributed by atoms with van der Waals surface area (Å²) in [4.78, 5) is 0. The van der Waals surface area contributed by atoms with Gasteiger partial charge in [-0.15, -0.1) is 0 Å². The Bertz CT molecular complexity index is 435. The summed E-state index contributed by atoms with van der Waals surface area (Å²) < 4.78 is 26.2. The van der Waals surface area contributed by atoms with Gasteiger partial charge in [0.15, 0.2) is 5.03 Å². The van der Waals surface area contributed by atoms with Crippen molar-refractivity contribution in [2.24, 2.45) is 5.41 Å². The van der Waals surface area contributed by atoms with Gasteiger partial charge in [-0.1, -0.05) is 13.3 Å². The molecule has 1 heterocycles. The molecule has 1 fully saturated rings. The maximum Gasteiger partial charge on any atom is 0.257 e. The van der Waals surface area contributed by atoms with Crippen LogP contribution < -0.4 is 4.72 Å². The summed E-state index contributed by atoms with van der Waals surface area (Å²) in [5.41, 5.74) is 0.224. The first-order chi connectivity index (χ1) is 7.58. The summed E-state index contributed by atoms with van der Waals surface area (Å²) in [6.45, 7) is 2.67. The van der Waals surface area contributed by atoms with Crippen LogP contribution in [0.1, 0.15) is 32.6 Å². The molecule has 0 unspecified atom stereocenters. The van der Waals surface area contributed by atoms with E-state index in [0.29, 0.717) is 6.54 Å². The third-order valence-corrected chi connectivity index (χ3v) is 4.47. The molecule has 1 aliphatic rings. The average Bonchev–Trinajstić information content (AvgIpc) is 2.81. The van der Waals surface area contributed by atoms with Crippen LogP contribution in [0.3, 0.4) is 0 Å². The van der Waals surface area contributed by atoms with Crippen LogP contribution in [0.15, 0.2) is 17.3 Å². The lowest BCUT2D eigenvalue weighted by Gasteiger charge is -2.14. The molecule has 0 saturated heterocycles. The second-order valence-electron chi connectivity index (χ2n) is 4.50. The molecule has 2 rings (SSSR count). The Morgan fingerprint density at radius 2 is 2.31 bits per heavy atom. The van der Waals surface area contributed by atoms with Gasteiger partial charge in [0.1, 0.15) is 0 Å². The van der Waals surface area contributed by atoms with Crippen LogP contribution >= 0.6 is 0 Å². The third-order valence-electron chi connectivity index (χ3n) is 3.14. The molecule has 0 aromatic carbocycles. The highest BCUT2D eigenvalue weighted by Crippen LogP contribution is 2.49. The highest BCUT2D eigenvalue weighted by molar-refractivity contribution is 7.89. The Morgan fingerprint density at radius 1 is 1.56 bits per heavy atom. The molecule has 0 aliphatic heterocycles. The second kappa shape index (κ2) is 4.18. The fraction of sp³-hybridized carbons (Fsp3) is 0.700. The minimum absolute atomic E-state index is 0.139. The molecule has 1 aliphatic carbocycles. The highest BCUT2D eigenvalue weighted by atomic mass is 32.2. The van der Waals surface area contributed by atoms with Crippen LogP contribution in [0.2, 0.25) is 0 Å². The minimum atomic E-state index is -3.40. The Morgan fingerprint density at radius 3 is 2.81 bits per heavy atom. The van der Waals surface area contributed by atoms with E-state index in [1.165, 1.54) is 12.3 Å². The molecule has 1 saturated carbocycles. The van der Waals surface area contributed by atoms with Gasteiger partial charge in [-0.25, -0.2) is 13.1 Å². The number of hydrogen-bond acceptors (Lipinski definition) is 3. The van der Waals surface area contributed by atoms with E-state index in [0.717, 1.165) is 25.7 Å². The van der Waals surface area contributed by atoms with Crippen molar-refractivity contribution in [2.75, 3.05) is 6.54 Å². The van der Waals surface area contributed by atoms with Gasteiger partial charge in [0.2, 0.25) is 0 Å². The van der Waals surface area contributed by atoms with Gasteiger partial charge in [0.05, 0.1) is 6.20 Å². The van der Waals surface area contributed by atoms with Crippen LogP contribution in [0.5, 0.6) is 0 Å². The maximum atomic E-state index is 11.8. The number of sulfonamides is 1. The quantitative estimate of drug-likeness (QED) is 0.790. The largest absolute Gasteiger partial charge is 0.266 e. The smallest absolute Gasteiger partial charge is 0.257 e. The van der Waals surface area contributed by atoms with E-state index >= 15 is 0 Å². The lowest BCUT2D eigenvalue weighted by atomic mass is 10.0. The molecular weight excluding hydrogens is 226 g/mol. The molecule has 1 aromatic rings. The van der Waals surface area contributed by atoms with Crippen molar-refractivity contribution < 1.29 is 8.42 Å². The molecule has 16 heavy (non-hydrogen) atoms. The number of H-pyrrole nitrogens is 1. The summed E-state index contributed by atoms with van der Waals surface area (Å²) in [6.07, 6.45) is 5.90. The van der Waals surface area contributed by atoms with Gasteiger partial charge in [-0.05, 0) is 30.7 Å². The topological polar surface area (TPSA) is 74.8 Å². The Kier molecular flexibility index (Phi) is 3.03. The van der Waals surface area contributed by atoms with Crippen molar-refractivity contribution in [1.82, 2.24) is 14.9 Å². The highest BCUT2D eigenvalue weighted by Gasteiger charge is 2.42. The summed E-state index contributed by atoms with van der Waals surface area (Å²) in [6, 6.07) is 1.46. The van der Waals surface area contributed by atoms with Gasteiger partial charge >= 0.3 is 0 Å². The molecule has 90 valence electrons. The van der Waals surface area contributed by atoms with Crippen molar-refractivity contribution in [3.63, 3.8) is 0 Å². The lowest BCUT2D eigenvalue weighted by Crippen LogP contribution is -2.30. The Labute approximate surface area is 95.7 Å². The van der Waals surface area contributed by atoms with Crippen LogP contribution in [0, 0.1) is 5.41 Å². The first-order valence-electron chi connectivity index (χ1n) is 5.57. The molecule has 2 N–H and O–H groups in total. The molecule has 6 heteroatoms. The van der Waals surface area contributed by atoms with Gasteiger partial charge in [-0.2, -0.15) is 5.10 Å². The number of hydrogen-bond donors (Lipinski definition) is 2. The third kappa shape index (κ3) is 2.44. The average molecular weight is 243 g/mol. The van der Waals surface area contributed by atoms with E-state index in [4.69, 9.17) is 0 Å². The zero-order valence-corrected chi connectivity index (χ0v) is 10.2. The molecule has 0 bridgehead atoms. The fourth-order valence-electron chi connectivity index (χ4n) is 1.94. The summed E-state index contributed by atoms with van der Waals surface area (Å²) in [5.74, 6) is 0. The first kappa shape index (κ1) is 11.6. The predicted octanol–water partition coefficient (Wildman–Crippen LogP) is 1.27. The Balaban J connectivity index is 1.96. The molecular formula is C10H17N3O2S. The van der Waals surface area contributed by atoms with E-state index in [9.17, 15) is 8.42 Å². The molecule has 0 radical (unpaired) electrons. The summed E-state index contributed by atoms with van der Waals surface area (Å²) >= 11 is 0. The van der Waals surface area contributed by atoms with E-state index in [-0.39, 0.29) is 10.4 Å². The fourth-order valence-corrected chi connectivity index (χ4v) is 3.01. The number of aromatic nitrogens is 2. The van der Waals surface area contributed by atoms with Crippen molar-refractivity contribution in [2.45, 2.75) is 37.6 Å². The molecule has 0 spiro atoms. The standard InChI is InChI=1S/C10H17N3O2S/c1-2-4-10(5-6-10)8-12-16(14,15)9-3-7-11-13-9/h3,7,12H,2,4-6,8H2,1H3,(H,11,13). The second-order valence-corrected chi connectivity index (χ2v) is 6.23. The SMILES string of the molecule is CCCC1(CNS(=O)(=O)c2ccn[nH]2)CC1. The number of aromatic amines is 1. The molecule has 0 atom stereocenters. The van der Waals surface area contributed by atoms with Crippen LogP contribution in [0.25, 0.3) is 0 Å². The minimum Gasteiger partial charge on any atom is -0.266 e. The summed E-state index contributed by atoms with van der Waals surface area (Å²) in [5, 5.41) is 6.24. The zero-order chi connectivity index (χ0) is 11.6. The number of nitrogens with zero attached hydrogens (tertiary/aromatic N) is 1. The van der Waals surface area contributed by atoms with E-state index in [1.807, 2.05) is 0 Å². The van der Waals surface area contributed by atoms with Crippen molar-refractivity contribution in [1.29, 1.82) is 0 Å². The van der Waals surface area contributed by atoms with Gasteiger partial charge in [0, 0.05) is 6.54 Å². The van der Waals surface area contributed by atoms with Crippen LogP contribution in [-0.2, 0) is 10.0 Å². The summed E-state index contributed by atoms with van der Waals surface area (Å²) in [7, 11) is -3.40. The molecule has 0 amide bonds. The number of nitrogens with one attached hydrogen (secondary N) is 2. The first-order valence-corrected chi connectivity index (χ1v) is 7.05. The van der Waals surface area contributed by atoms with Gasteiger partial charge in [-0.3, -0.25) is 5.10 Å². The van der Waals surface area contributed by atoms with Crippen molar-refractivity contribution in [3.8, 4) is 0 Å². The number of rotatable bonds is 6. The van der Waals surface area contributed by atoms with E-state index in [1.54, 1.807) is 0 Å². The normalized spacial score (nSPS) is 18.6. The van der Waals surface area contributed by atoms with E-state index < -0.39 is 10.0 Å². The maximum absolute atomic E-state index is 11.8. The van der Waals surface area contributed by atoms with Crippen LogP contribution in [0.4, 0.5) is 0 Å². The van der Waals surface area contributed by atoms with E-state index in [2.05, 4.69) is 21.8 Å². The molecule has 5 nitrogen and oxygen atoms in total. The monoisotopic (exact) mass is 243 g/mol. The lowest BCUT2D eigenvalue weighted by molar-refractivity contribution is 0.449. The van der Waals surface area contributed by atoms with Crippen LogP contribution in [-0.4, -0.2) is 25.2 Å². The van der Waals surface area contributed by atoms with Gasteiger partial charge < -0.3 is 0 Å². The predicted molar refractivity (Wildman–Crippen MR) is 60.4 cm³/mol. The van der Waals surface area contributed by atoms with Gasteiger partial charge in [0.25, 0.3) is 10.0 Å². The van der Waals surface area contributed by atoms with Crippen molar-refractivity contribution in [3.05, 3.63) is 12.3 Å². The van der Waals surface area contributed by atoms with Crippen molar-refractivity contribution >= 4 is 10.0 Å². The Hall–Kier alpha value is -0.880. The molecule has 1 aromatic heterocycles. The zero-order valence-electron chi connectivity index (χ0n) is 9.36.